The molecule has 23 heavy (non-hydrogen) atoms. The summed E-state index contributed by atoms with van der Waals surface area (Å²) in [7, 11) is 1.66. The SMILES string of the molecule is Cc1noc(C)c1N(C)C(=O)c1cnc(OCC(C)C)c(Cl)c1. The summed E-state index contributed by atoms with van der Waals surface area (Å²) in [5, 5.41) is 4.16. The van der Waals surface area contributed by atoms with Gasteiger partial charge < -0.3 is 14.2 Å². The van der Waals surface area contributed by atoms with Gasteiger partial charge in [-0.05, 0) is 25.8 Å². The van der Waals surface area contributed by atoms with E-state index in [1.807, 2.05) is 13.8 Å². The predicted octanol–water partition coefficient (Wildman–Crippen LogP) is 3.65. The van der Waals surface area contributed by atoms with E-state index in [1.54, 1.807) is 27.0 Å². The zero-order valence-corrected chi connectivity index (χ0v) is 14.6. The maximum atomic E-state index is 12.6. The Bertz CT molecular complexity index is 693. The Morgan fingerprint density at radius 2 is 2.13 bits per heavy atom. The zero-order chi connectivity index (χ0) is 17.1. The van der Waals surface area contributed by atoms with E-state index >= 15 is 0 Å². The zero-order valence-electron chi connectivity index (χ0n) is 13.9. The van der Waals surface area contributed by atoms with Crippen LogP contribution in [0.5, 0.6) is 5.88 Å². The Morgan fingerprint density at radius 3 is 2.65 bits per heavy atom. The number of hydrogen-bond acceptors (Lipinski definition) is 5. The van der Waals surface area contributed by atoms with Crippen molar-refractivity contribution in [2.45, 2.75) is 27.7 Å². The lowest BCUT2D eigenvalue weighted by Crippen LogP contribution is -2.27. The molecule has 0 unspecified atom stereocenters. The van der Waals surface area contributed by atoms with Crippen LogP contribution in [0.25, 0.3) is 0 Å². The summed E-state index contributed by atoms with van der Waals surface area (Å²) in [4.78, 5) is 18.2. The number of halogens is 1. The second-order valence-electron chi connectivity index (χ2n) is 5.75. The third kappa shape index (κ3) is 3.82. The van der Waals surface area contributed by atoms with E-state index in [1.165, 1.54) is 11.1 Å². The van der Waals surface area contributed by atoms with Crippen molar-refractivity contribution in [1.82, 2.24) is 10.1 Å². The van der Waals surface area contributed by atoms with Gasteiger partial charge in [0.25, 0.3) is 5.91 Å². The first-order chi connectivity index (χ1) is 10.8. The van der Waals surface area contributed by atoms with Crippen LogP contribution in [0.1, 0.15) is 35.7 Å². The number of aromatic nitrogens is 2. The van der Waals surface area contributed by atoms with Crippen LogP contribution in [0.4, 0.5) is 5.69 Å². The predicted molar refractivity (Wildman–Crippen MR) is 88.3 cm³/mol. The molecule has 2 aromatic heterocycles. The molecule has 1 amide bonds. The first-order valence-electron chi connectivity index (χ1n) is 7.30. The number of aryl methyl sites for hydroxylation is 2. The van der Waals surface area contributed by atoms with E-state index in [0.717, 1.165) is 0 Å². The highest BCUT2D eigenvalue weighted by Crippen LogP contribution is 2.27. The van der Waals surface area contributed by atoms with E-state index in [4.69, 9.17) is 20.9 Å². The maximum absolute atomic E-state index is 12.6. The number of rotatable bonds is 5. The number of nitrogens with zero attached hydrogens (tertiary/aromatic N) is 3. The van der Waals surface area contributed by atoms with Gasteiger partial charge >= 0.3 is 0 Å². The van der Waals surface area contributed by atoms with E-state index in [0.29, 0.717) is 46.1 Å². The van der Waals surface area contributed by atoms with Gasteiger partial charge in [0.2, 0.25) is 5.88 Å². The second kappa shape index (κ2) is 7.00. The van der Waals surface area contributed by atoms with Crippen molar-refractivity contribution in [3.63, 3.8) is 0 Å². The first-order valence-corrected chi connectivity index (χ1v) is 7.68. The largest absolute Gasteiger partial charge is 0.476 e. The lowest BCUT2D eigenvalue weighted by atomic mass is 10.2. The Hall–Kier alpha value is -2.08. The fourth-order valence-corrected chi connectivity index (χ4v) is 2.37. The van der Waals surface area contributed by atoms with Crippen molar-refractivity contribution < 1.29 is 14.1 Å². The molecule has 0 fully saturated rings. The van der Waals surface area contributed by atoms with Gasteiger partial charge in [-0.15, -0.1) is 0 Å². The second-order valence-corrected chi connectivity index (χ2v) is 6.16. The van der Waals surface area contributed by atoms with Crippen LogP contribution >= 0.6 is 11.6 Å². The molecule has 2 rings (SSSR count). The summed E-state index contributed by atoms with van der Waals surface area (Å²) in [5.74, 6) is 1.02. The Kier molecular flexibility index (Phi) is 5.26. The number of amides is 1. The van der Waals surface area contributed by atoms with Crippen LogP contribution in [-0.2, 0) is 0 Å². The highest BCUT2D eigenvalue weighted by Gasteiger charge is 2.22. The molecule has 0 bridgehead atoms. The van der Waals surface area contributed by atoms with Crippen molar-refractivity contribution in [1.29, 1.82) is 0 Å². The van der Waals surface area contributed by atoms with E-state index < -0.39 is 0 Å². The minimum absolute atomic E-state index is 0.246. The molecule has 0 saturated heterocycles. The Morgan fingerprint density at radius 1 is 1.43 bits per heavy atom. The molecule has 0 aliphatic heterocycles. The molecule has 0 spiro atoms. The average Bonchev–Trinajstić information content (AvgIpc) is 2.83. The van der Waals surface area contributed by atoms with Crippen LogP contribution in [0.2, 0.25) is 5.02 Å². The number of anilines is 1. The van der Waals surface area contributed by atoms with E-state index in [9.17, 15) is 4.79 Å². The Balaban J connectivity index is 2.21. The summed E-state index contributed by atoms with van der Waals surface area (Å²) >= 11 is 6.16. The number of ether oxygens (including phenoxy) is 1. The van der Waals surface area contributed by atoms with E-state index in [2.05, 4.69) is 10.1 Å². The van der Waals surface area contributed by atoms with Gasteiger partial charge in [0.05, 0.1) is 12.2 Å². The van der Waals surface area contributed by atoms with Crippen LogP contribution in [-0.4, -0.2) is 29.7 Å². The van der Waals surface area contributed by atoms with Gasteiger partial charge in [-0.25, -0.2) is 4.98 Å². The molecule has 6 nitrogen and oxygen atoms in total. The van der Waals surface area contributed by atoms with Crippen molar-refractivity contribution >= 4 is 23.2 Å². The monoisotopic (exact) mass is 337 g/mol. The normalized spacial score (nSPS) is 10.9. The number of pyridine rings is 1. The smallest absolute Gasteiger partial charge is 0.259 e. The van der Waals surface area contributed by atoms with E-state index in [-0.39, 0.29) is 5.91 Å². The molecular formula is C16H20ClN3O3. The van der Waals surface area contributed by atoms with Gasteiger partial charge in [0, 0.05) is 13.2 Å². The lowest BCUT2D eigenvalue weighted by Gasteiger charge is -2.17. The summed E-state index contributed by atoms with van der Waals surface area (Å²) in [6.45, 7) is 8.12. The molecule has 0 atom stereocenters. The van der Waals surface area contributed by atoms with Gasteiger partial charge in [0.15, 0.2) is 5.76 Å². The molecule has 0 saturated carbocycles. The quantitative estimate of drug-likeness (QED) is 0.833. The minimum Gasteiger partial charge on any atom is -0.476 e. The van der Waals surface area contributed by atoms with Crippen molar-refractivity contribution in [3.8, 4) is 5.88 Å². The summed E-state index contributed by atoms with van der Waals surface area (Å²) in [6.07, 6.45) is 1.46. The third-order valence-corrected chi connectivity index (χ3v) is 3.51. The van der Waals surface area contributed by atoms with Crippen LogP contribution < -0.4 is 9.64 Å². The highest BCUT2D eigenvalue weighted by molar-refractivity contribution is 6.32. The number of carbonyl (C=O) groups is 1. The molecule has 0 aliphatic rings. The summed E-state index contributed by atoms with van der Waals surface area (Å²) in [6, 6.07) is 1.56. The fraction of sp³-hybridized carbons (Fsp3) is 0.438. The first kappa shape index (κ1) is 17.3. The minimum atomic E-state index is -0.246. The standard InChI is InChI=1S/C16H20ClN3O3/c1-9(2)8-22-15-13(17)6-12(7-18-15)16(21)20(5)14-10(3)19-23-11(14)4/h6-7,9H,8H2,1-5H3. The summed E-state index contributed by atoms with van der Waals surface area (Å²) < 4.78 is 10.6. The molecule has 0 aromatic carbocycles. The van der Waals surface area contributed by atoms with Crippen LogP contribution in [0.15, 0.2) is 16.8 Å². The molecule has 0 N–H and O–H groups in total. The lowest BCUT2D eigenvalue weighted by molar-refractivity contribution is 0.0992. The maximum Gasteiger partial charge on any atom is 0.259 e. The van der Waals surface area contributed by atoms with Gasteiger partial charge in [0.1, 0.15) is 16.4 Å². The molecule has 7 heteroatoms. The summed E-state index contributed by atoms with van der Waals surface area (Å²) in [5.41, 5.74) is 1.66. The molecule has 0 radical (unpaired) electrons. The number of carbonyl (C=O) groups excluding carboxylic acids is 1. The van der Waals surface area contributed by atoms with Gasteiger partial charge in [-0.1, -0.05) is 30.6 Å². The molecule has 0 aliphatic carbocycles. The fourth-order valence-electron chi connectivity index (χ4n) is 2.15. The Labute approximate surface area is 140 Å². The van der Waals surface area contributed by atoms with Crippen LogP contribution in [0.3, 0.4) is 0 Å². The van der Waals surface area contributed by atoms with Gasteiger partial charge in [-0.2, -0.15) is 0 Å². The van der Waals surface area contributed by atoms with Crippen molar-refractivity contribution in [2.24, 2.45) is 5.92 Å². The van der Waals surface area contributed by atoms with Gasteiger partial charge in [-0.3, -0.25) is 4.79 Å². The topological polar surface area (TPSA) is 68.5 Å². The molecular weight excluding hydrogens is 318 g/mol. The third-order valence-electron chi connectivity index (χ3n) is 3.24. The molecule has 124 valence electrons. The van der Waals surface area contributed by atoms with Crippen LogP contribution in [0, 0.1) is 19.8 Å². The highest BCUT2D eigenvalue weighted by atomic mass is 35.5. The average molecular weight is 338 g/mol. The molecule has 2 heterocycles. The van der Waals surface area contributed by atoms with Crippen molar-refractivity contribution in [3.05, 3.63) is 34.3 Å². The number of hydrogen-bond donors (Lipinski definition) is 0. The van der Waals surface area contributed by atoms with Crippen molar-refractivity contribution in [2.75, 3.05) is 18.6 Å². The molecule has 2 aromatic rings.